The topological polar surface area (TPSA) is 78.9 Å². The maximum Gasteiger partial charge on any atom is 0.333 e. The molecule has 2 saturated carbocycles. The molecule has 1 heterocycles. The Morgan fingerprint density at radius 1 is 1.27 bits per heavy atom. The van der Waals surface area contributed by atoms with Gasteiger partial charge in [-0.1, -0.05) is 40.3 Å². The van der Waals surface area contributed by atoms with Gasteiger partial charge in [0.1, 0.15) is 24.2 Å². The lowest BCUT2D eigenvalue weighted by Gasteiger charge is -2.46. The highest BCUT2D eigenvalue weighted by atomic mass is 16.6. The average molecular weight is 419 g/mol. The van der Waals surface area contributed by atoms with Crippen molar-refractivity contribution in [1.82, 2.24) is 0 Å². The van der Waals surface area contributed by atoms with Crippen LogP contribution >= 0.6 is 0 Å². The first kappa shape index (κ1) is 22.6. The second kappa shape index (κ2) is 7.86. The highest BCUT2D eigenvalue weighted by molar-refractivity contribution is 5.90. The summed E-state index contributed by atoms with van der Waals surface area (Å²) in [7, 11) is 0. The number of hydrogen-bond acceptors (Lipinski definition) is 6. The predicted octanol–water partition coefficient (Wildman–Crippen LogP) is 3.99. The van der Waals surface area contributed by atoms with Gasteiger partial charge in [-0.3, -0.25) is 9.59 Å². The van der Waals surface area contributed by atoms with Crippen molar-refractivity contribution in [1.29, 1.82) is 0 Å². The summed E-state index contributed by atoms with van der Waals surface area (Å²) in [4.78, 5) is 38.3. The Balaban J connectivity index is 2.10. The molecule has 6 atom stereocenters. The zero-order valence-corrected chi connectivity index (χ0v) is 18.9. The van der Waals surface area contributed by atoms with Gasteiger partial charge in [0.05, 0.1) is 5.92 Å². The molecule has 0 aromatic carbocycles. The molecule has 3 aliphatic rings. The molecule has 0 radical (unpaired) electrons. The van der Waals surface area contributed by atoms with E-state index in [1.165, 1.54) is 0 Å². The van der Waals surface area contributed by atoms with Crippen LogP contribution in [-0.4, -0.2) is 36.7 Å². The number of carbonyl (C=O) groups is 3. The molecule has 166 valence electrons. The van der Waals surface area contributed by atoms with Gasteiger partial charge in [-0.05, 0) is 50.0 Å². The summed E-state index contributed by atoms with van der Waals surface area (Å²) in [5.74, 6) is -1.43. The van der Waals surface area contributed by atoms with Crippen LogP contribution in [0.25, 0.3) is 0 Å². The van der Waals surface area contributed by atoms with E-state index < -0.39 is 23.6 Å². The molecular formula is C24H34O6. The highest BCUT2D eigenvalue weighted by Crippen LogP contribution is 2.66. The second-order valence-corrected chi connectivity index (χ2v) is 9.77. The maximum absolute atomic E-state index is 13.1. The van der Waals surface area contributed by atoms with E-state index >= 15 is 0 Å². The summed E-state index contributed by atoms with van der Waals surface area (Å²) < 4.78 is 17.4. The fourth-order valence-electron chi connectivity index (χ4n) is 5.50. The Labute approximate surface area is 179 Å². The Morgan fingerprint density at radius 3 is 2.47 bits per heavy atom. The average Bonchev–Trinajstić information content (AvgIpc) is 3.13. The normalized spacial score (nSPS) is 38.6. The molecule has 3 fully saturated rings. The van der Waals surface area contributed by atoms with E-state index in [-0.39, 0.29) is 41.7 Å². The number of hydrogen-bond donors (Lipinski definition) is 0. The minimum atomic E-state index is -1.09. The summed E-state index contributed by atoms with van der Waals surface area (Å²) >= 11 is 0. The lowest BCUT2D eigenvalue weighted by molar-refractivity contribution is -0.176. The van der Waals surface area contributed by atoms with Crippen molar-refractivity contribution in [2.24, 2.45) is 28.6 Å². The van der Waals surface area contributed by atoms with Gasteiger partial charge in [-0.15, -0.1) is 0 Å². The van der Waals surface area contributed by atoms with Crippen LogP contribution in [0.3, 0.4) is 0 Å². The summed E-state index contributed by atoms with van der Waals surface area (Å²) in [6.07, 6.45) is 2.51. The Hall–Kier alpha value is -2.11. The first-order chi connectivity index (χ1) is 14.0. The number of ether oxygens (including phenoxy) is 3. The van der Waals surface area contributed by atoms with Gasteiger partial charge < -0.3 is 14.2 Å². The largest absolute Gasteiger partial charge is 0.462 e. The number of rotatable bonds is 4. The smallest absolute Gasteiger partial charge is 0.333 e. The zero-order valence-electron chi connectivity index (χ0n) is 18.9. The minimum absolute atomic E-state index is 0.128. The van der Waals surface area contributed by atoms with Crippen LogP contribution in [0, 0.1) is 28.6 Å². The number of carbonyl (C=O) groups excluding carboxylic acids is 3. The van der Waals surface area contributed by atoms with Gasteiger partial charge in [0.15, 0.2) is 0 Å². The summed E-state index contributed by atoms with van der Waals surface area (Å²) in [6, 6.07) is 0. The zero-order chi connectivity index (χ0) is 22.4. The van der Waals surface area contributed by atoms with E-state index in [1.807, 2.05) is 0 Å². The van der Waals surface area contributed by atoms with Crippen LogP contribution in [-0.2, 0) is 28.6 Å². The van der Waals surface area contributed by atoms with Crippen molar-refractivity contribution in [2.45, 2.75) is 73.0 Å². The van der Waals surface area contributed by atoms with Gasteiger partial charge in [0, 0.05) is 11.5 Å². The van der Waals surface area contributed by atoms with Crippen LogP contribution in [0.15, 0.2) is 23.8 Å². The standard InChI is InChI=1S/C24H34O6/c1-8-14(4)21(26)30-19-18-17(29-20(25)13(2)3)10-9-15(5)23(18,7)12-24(19)16(6)11-28-22(24)27/h8,13,15,17-19H,6,9-12H2,1-5,7H3. The third-order valence-electron chi connectivity index (χ3n) is 7.74. The van der Waals surface area contributed by atoms with E-state index in [2.05, 4.69) is 20.4 Å². The van der Waals surface area contributed by atoms with Crippen LogP contribution in [0.2, 0.25) is 0 Å². The number of allylic oxidation sites excluding steroid dienone is 1. The van der Waals surface area contributed by atoms with Crippen LogP contribution in [0.5, 0.6) is 0 Å². The van der Waals surface area contributed by atoms with E-state index in [4.69, 9.17) is 14.2 Å². The lowest BCUT2D eigenvalue weighted by atomic mass is 9.61. The fraction of sp³-hybridized carbons (Fsp3) is 0.708. The van der Waals surface area contributed by atoms with Crippen LogP contribution < -0.4 is 0 Å². The van der Waals surface area contributed by atoms with E-state index in [9.17, 15) is 14.4 Å². The first-order valence-electron chi connectivity index (χ1n) is 10.9. The van der Waals surface area contributed by atoms with Crippen LogP contribution in [0.4, 0.5) is 0 Å². The minimum Gasteiger partial charge on any atom is -0.462 e. The quantitative estimate of drug-likeness (QED) is 0.297. The molecule has 6 unspecified atom stereocenters. The van der Waals surface area contributed by atoms with Crippen molar-refractivity contribution in [3.05, 3.63) is 23.8 Å². The van der Waals surface area contributed by atoms with Crippen molar-refractivity contribution in [3.8, 4) is 0 Å². The van der Waals surface area contributed by atoms with Gasteiger partial charge in [0.2, 0.25) is 0 Å². The molecule has 0 aromatic heterocycles. The molecule has 0 amide bonds. The van der Waals surface area contributed by atoms with E-state index in [0.29, 0.717) is 24.0 Å². The number of cyclic esters (lactones) is 1. The molecule has 1 aliphatic heterocycles. The maximum atomic E-state index is 13.1. The van der Waals surface area contributed by atoms with Crippen molar-refractivity contribution in [3.63, 3.8) is 0 Å². The van der Waals surface area contributed by atoms with Crippen molar-refractivity contribution in [2.75, 3.05) is 6.61 Å². The molecule has 6 heteroatoms. The molecule has 6 nitrogen and oxygen atoms in total. The van der Waals surface area contributed by atoms with Gasteiger partial charge in [-0.25, -0.2) is 4.79 Å². The molecule has 0 aromatic rings. The molecule has 3 rings (SSSR count). The molecule has 30 heavy (non-hydrogen) atoms. The second-order valence-electron chi connectivity index (χ2n) is 9.77. The summed E-state index contributed by atoms with van der Waals surface area (Å²) in [6.45, 7) is 15.6. The monoisotopic (exact) mass is 418 g/mol. The number of fused-ring (bicyclic) bond motifs is 1. The van der Waals surface area contributed by atoms with E-state index in [0.717, 1.165) is 6.42 Å². The summed E-state index contributed by atoms with van der Waals surface area (Å²) in [5.41, 5.74) is -0.346. The fourth-order valence-corrected chi connectivity index (χ4v) is 5.50. The first-order valence-corrected chi connectivity index (χ1v) is 10.9. The highest BCUT2D eigenvalue weighted by Gasteiger charge is 2.72. The van der Waals surface area contributed by atoms with E-state index in [1.54, 1.807) is 33.8 Å². The molecule has 1 saturated heterocycles. The van der Waals surface area contributed by atoms with Gasteiger partial charge >= 0.3 is 17.9 Å². The van der Waals surface area contributed by atoms with Crippen molar-refractivity contribution < 1.29 is 28.6 Å². The molecule has 0 bridgehead atoms. The SMILES string of the molecule is C=C1COC(=O)C12CC1(C)C(C)CCC(OC(=O)C(C)C)C1C2OC(=O)C(C)=CC. The molecule has 0 N–H and O–H groups in total. The molecule has 1 spiro atoms. The Morgan fingerprint density at radius 2 is 1.93 bits per heavy atom. The Bertz CT molecular complexity index is 778. The molecule has 2 aliphatic carbocycles. The van der Waals surface area contributed by atoms with Gasteiger partial charge in [-0.2, -0.15) is 0 Å². The molecular weight excluding hydrogens is 384 g/mol. The number of esters is 3. The van der Waals surface area contributed by atoms with Crippen molar-refractivity contribution >= 4 is 17.9 Å². The Kier molecular flexibility index (Phi) is 5.91. The van der Waals surface area contributed by atoms with Gasteiger partial charge in [0.25, 0.3) is 0 Å². The third kappa shape index (κ3) is 3.28. The predicted molar refractivity (Wildman–Crippen MR) is 111 cm³/mol. The third-order valence-corrected chi connectivity index (χ3v) is 7.74. The van der Waals surface area contributed by atoms with Crippen LogP contribution in [0.1, 0.15) is 60.8 Å². The summed E-state index contributed by atoms with van der Waals surface area (Å²) in [5, 5.41) is 0. The lowest BCUT2D eigenvalue weighted by Crippen LogP contribution is -2.50.